The van der Waals surface area contributed by atoms with E-state index in [1.54, 1.807) is 6.20 Å². The van der Waals surface area contributed by atoms with E-state index >= 15 is 0 Å². The fourth-order valence-corrected chi connectivity index (χ4v) is 2.84. The monoisotopic (exact) mass is 278 g/mol. The van der Waals surface area contributed by atoms with Gasteiger partial charge in [-0.15, -0.1) is 0 Å². The lowest BCUT2D eigenvalue weighted by molar-refractivity contribution is -0.129. The number of carbonyl (C=O) groups is 1. The summed E-state index contributed by atoms with van der Waals surface area (Å²) in [6, 6.07) is 0.438. The molecule has 3 heterocycles. The minimum atomic E-state index is -0.300. The molecule has 1 atom stereocenters. The van der Waals surface area contributed by atoms with E-state index < -0.39 is 0 Å². The Morgan fingerprint density at radius 1 is 1.35 bits per heavy atom. The average Bonchev–Trinajstić information content (AvgIpc) is 2.97. The van der Waals surface area contributed by atoms with Gasteiger partial charge in [0, 0.05) is 12.8 Å². The van der Waals surface area contributed by atoms with E-state index in [9.17, 15) is 4.79 Å². The molecular formula is C14H22N4O2. The van der Waals surface area contributed by atoms with Crippen molar-refractivity contribution in [2.75, 3.05) is 25.0 Å². The second-order valence-corrected chi connectivity index (χ2v) is 5.53. The lowest BCUT2D eigenvalue weighted by Crippen LogP contribution is -2.33. The number of piperidine rings is 1. The van der Waals surface area contributed by atoms with Crippen LogP contribution in [0.2, 0.25) is 0 Å². The van der Waals surface area contributed by atoms with Crippen molar-refractivity contribution in [1.82, 2.24) is 15.1 Å². The summed E-state index contributed by atoms with van der Waals surface area (Å²) in [5.41, 5.74) is 0.766. The van der Waals surface area contributed by atoms with Gasteiger partial charge in [0.05, 0.1) is 17.9 Å². The largest absolute Gasteiger partial charge is 0.368 e. The fourth-order valence-electron chi connectivity index (χ4n) is 2.84. The Morgan fingerprint density at radius 3 is 2.95 bits per heavy atom. The van der Waals surface area contributed by atoms with E-state index in [2.05, 4.69) is 15.7 Å². The lowest BCUT2D eigenvalue weighted by atomic mass is 10.1. The number of aromatic nitrogens is 2. The van der Waals surface area contributed by atoms with E-state index in [4.69, 9.17) is 4.74 Å². The topological polar surface area (TPSA) is 68.2 Å². The molecule has 2 N–H and O–H groups in total. The quantitative estimate of drug-likeness (QED) is 0.875. The highest BCUT2D eigenvalue weighted by atomic mass is 16.5. The van der Waals surface area contributed by atoms with Crippen LogP contribution in [0.15, 0.2) is 12.4 Å². The van der Waals surface area contributed by atoms with E-state index in [-0.39, 0.29) is 12.0 Å². The highest BCUT2D eigenvalue weighted by Gasteiger charge is 2.23. The van der Waals surface area contributed by atoms with Crippen molar-refractivity contribution in [3.8, 4) is 0 Å². The molecule has 0 aliphatic carbocycles. The molecule has 2 saturated heterocycles. The van der Waals surface area contributed by atoms with E-state index in [1.165, 1.54) is 0 Å². The number of nitrogens with one attached hydrogen (secondary N) is 2. The van der Waals surface area contributed by atoms with Gasteiger partial charge in [-0.25, -0.2) is 0 Å². The van der Waals surface area contributed by atoms with Crippen molar-refractivity contribution >= 4 is 11.6 Å². The predicted octanol–water partition coefficient (Wildman–Crippen LogP) is 1.32. The van der Waals surface area contributed by atoms with Crippen LogP contribution < -0.4 is 10.6 Å². The minimum Gasteiger partial charge on any atom is -0.368 e. The summed E-state index contributed by atoms with van der Waals surface area (Å²) in [6.45, 7) is 2.75. The molecule has 0 bridgehead atoms. The molecule has 1 unspecified atom stereocenters. The zero-order valence-corrected chi connectivity index (χ0v) is 11.7. The molecule has 110 valence electrons. The first-order valence-electron chi connectivity index (χ1n) is 7.50. The highest BCUT2D eigenvalue weighted by Crippen LogP contribution is 2.20. The normalized spacial score (nSPS) is 24.5. The number of hydrogen-bond acceptors (Lipinski definition) is 4. The molecule has 1 aromatic heterocycles. The van der Waals surface area contributed by atoms with Crippen molar-refractivity contribution in [2.45, 2.75) is 44.2 Å². The van der Waals surface area contributed by atoms with Crippen molar-refractivity contribution < 1.29 is 9.53 Å². The third-order valence-electron chi connectivity index (χ3n) is 4.02. The van der Waals surface area contributed by atoms with Gasteiger partial charge in [0.1, 0.15) is 6.10 Å². The smallest absolute Gasteiger partial charge is 0.253 e. The Hall–Kier alpha value is -1.40. The number of rotatable bonds is 3. The maximum Gasteiger partial charge on any atom is 0.253 e. The minimum absolute atomic E-state index is 0.0467. The van der Waals surface area contributed by atoms with Gasteiger partial charge >= 0.3 is 0 Å². The predicted molar refractivity (Wildman–Crippen MR) is 75.6 cm³/mol. The van der Waals surface area contributed by atoms with Crippen LogP contribution in [0.5, 0.6) is 0 Å². The molecular weight excluding hydrogens is 256 g/mol. The van der Waals surface area contributed by atoms with Crippen molar-refractivity contribution in [3.63, 3.8) is 0 Å². The zero-order chi connectivity index (χ0) is 13.8. The van der Waals surface area contributed by atoms with Crippen LogP contribution in [-0.4, -0.2) is 41.5 Å². The van der Waals surface area contributed by atoms with Gasteiger partial charge in [-0.2, -0.15) is 5.10 Å². The first kappa shape index (κ1) is 13.6. The van der Waals surface area contributed by atoms with Crippen molar-refractivity contribution in [2.24, 2.45) is 0 Å². The molecule has 0 radical (unpaired) electrons. The molecule has 0 spiro atoms. The van der Waals surface area contributed by atoms with Crippen LogP contribution in [-0.2, 0) is 9.53 Å². The van der Waals surface area contributed by atoms with Gasteiger partial charge in [-0.3, -0.25) is 9.48 Å². The Morgan fingerprint density at radius 2 is 2.20 bits per heavy atom. The first-order chi connectivity index (χ1) is 9.83. The van der Waals surface area contributed by atoms with Gasteiger partial charge in [-0.1, -0.05) is 0 Å². The highest BCUT2D eigenvalue weighted by molar-refractivity contribution is 5.93. The van der Waals surface area contributed by atoms with Gasteiger partial charge in [-0.05, 0) is 45.2 Å². The van der Waals surface area contributed by atoms with Crippen LogP contribution >= 0.6 is 0 Å². The molecule has 0 aromatic carbocycles. The molecule has 2 aliphatic rings. The number of amides is 1. The van der Waals surface area contributed by atoms with Crippen LogP contribution in [0.3, 0.4) is 0 Å². The number of hydrogen-bond donors (Lipinski definition) is 2. The Kier molecular flexibility index (Phi) is 4.32. The van der Waals surface area contributed by atoms with Crippen LogP contribution in [0.1, 0.15) is 38.1 Å². The number of nitrogens with zero attached hydrogens (tertiary/aromatic N) is 2. The lowest BCUT2D eigenvalue weighted by Gasteiger charge is -2.23. The summed E-state index contributed by atoms with van der Waals surface area (Å²) in [5.74, 6) is -0.0467. The summed E-state index contributed by atoms with van der Waals surface area (Å²) < 4.78 is 7.46. The number of carbonyl (C=O) groups excluding carboxylic acids is 1. The van der Waals surface area contributed by atoms with Crippen LogP contribution in [0.25, 0.3) is 0 Å². The second-order valence-electron chi connectivity index (χ2n) is 5.53. The average molecular weight is 278 g/mol. The summed E-state index contributed by atoms with van der Waals surface area (Å²) in [5, 5.41) is 10.6. The second kappa shape index (κ2) is 6.37. The van der Waals surface area contributed by atoms with Crippen LogP contribution in [0.4, 0.5) is 5.69 Å². The van der Waals surface area contributed by atoms with Crippen molar-refractivity contribution in [1.29, 1.82) is 0 Å². The SMILES string of the molecule is O=C(Nc1cnn(C2CCNCC2)c1)C1CCCCO1. The molecule has 20 heavy (non-hydrogen) atoms. The van der Waals surface area contributed by atoms with Gasteiger partial charge in [0.15, 0.2) is 0 Å². The molecule has 1 amide bonds. The first-order valence-corrected chi connectivity index (χ1v) is 7.50. The molecule has 2 fully saturated rings. The fraction of sp³-hybridized carbons (Fsp3) is 0.714. The molecule has 3 rings (SSSR count). The number of anilines is 1. The Balaban J connectivity index is 1.57. The van der Waals surface area contributed by atoms with E-state index in [0.717, 1.165) is 50.9 Å². The van der Waals surface area contributed by atoms with Gasteiger partial charge in [0.25, 0.3) is 5.91 Å². The third kappa shape index (κ3) is 3.19. The summed E-state index contributed by atoms with van der Waals surface area (Å²) in [6.07, 6.45) is 8.45. The van der Waals surface area contributed by atoms with Gasteiger partial charge in [0.2, 0.25) is 0 Å². The zero-order valence-electron chi connectivity index (χ0n) is 11.7. The van der Waals surface area contributed by atoms with Crippen LogP contribution in [0, 0.1) is 0 Å². The molecule has 1 aromatic rings. The Labute approximate surface area is 118 Å². The Bertz CT molecular complexity index is 448. The summed E-state index contributed by atoms with van der Waals surface area (Å²) >= 11 is 0. The maximum atomic E-state index is 12.1. The molecule has 2 aliphatic heterocycles. The molecule has 6 heteroatoms. The molecule has 0 saturated carbocycles. The number of ether oxygens (including phenoxy) is 1. The van der Waals surface area contributed by atoms with Gasteiger partial charge < -0.3 is 15.4 Å². The molecule has 6 nitrogen and oxygen atoms in total. The summed E-state index contributed by atoms with van der Waals surface area (Å²) in [4.78, 5) is 12.1. The third-order valence-corrected chi connectivity index (χ3v) is 4.02. The van der Waals surface area contributed by atoms with E-state index in [0.29, 0.717) is 12.6 Å². The van der Waals surface area contributed by atoms with Crippen molar-refractivity contribution in [3.05, 3.63) is 12.4 Å². The summed E-state index contributed by atoms with van der Waals surface area (Å²) in [7, 11) is 0. The van der Waals surface area contributed by atoms with E-state index in [1.807, 2.05) is 10.9 Å². The maximum absolute atomic E-state index is 12.1. The standard InChI is InChI=1S/C14H22N4O2/c19-14(13-3-1-2-8-20-13)17-11-9-16-18(10-11)12-4-6-15-7-5-12/h9-10,12-13,15H,1-8H2,(H,17,19).